The van der Waals surface area contributed by atoms with Gasteiger partial charge in [-0.3, -0.25) is 0 Å². The van der Waals surface area contributed by atoms with E-state index in [2.05, 4.69) is 54.6 Å². The van der Waals surface area contributed by atoms with Gasteiger partial charge in [-0.2, -0.15) is 0 Å². The minimum atomic E-state index is -6.00. The lowest BCUT2D eigenvalue weighted by molar-refractivity contribution is -0.700. The van der Waals surface area contributed by atoms with Gasteiger partial charge in [-0.25, -0.2) is 9.13 Å². The van der Waals surface area contributed by atoms with E-state index in [0.29, 0.717) is 0 Å². The Labute approximate surface area is 111 Å². The summed E-state index contributed by atoms with van der Waals surface area (Å²) in [6.07, 6.45) is 12.1. The van der Waals surface area contributed by atoms with Crippen molar-refractivity contribution >= 4 is 13.5 Å². The number of hydrogen-bond acceptors (Lipinski definition) is 0. The molecule has 0 aliphatic rings. The molecule has 0 N–H and O–H groups in total. The molecule has 1 heterocycles. The molecule has 0 radical (unpaired) electrons. The zero-order valence-electron chi connectivity index (χ0n) is 11.6. The average molecular weight is 280 g/mol. The predicted molar refractivity (Wildman–Crippen MR) is 70.1 cm³/mol. The lowest BCUT2D eigenvalue weighted by Gasteiger charge is -1.96. The number of aryl methyl sites for hydroxylation is 1. The molecule has 0 atom stereocenters. The number of rotatable bonds is 5. The van der Waals surface area contributed by atoms with Crippen molar-refractivity contribution in [1.29, 1.82) is 0 Å². The van der Waals surface area contributed by atoms with Gasteiger partial charge in [0.25, 0.3) is 5.82 Å². The van der Waals surface area contributed by atoms with Gasteiger partial charge in [-0.05, 0) is 19.4 Å². The second kappa shape index (κ2) is 8.77. The van der Waals surface area contributed by atoms with Crippen LogP contribution in [0.4, 0.5) is 17.3 Å². The van der Waals surface area contributed by atoms with Crippen LogP contribution in [0.1, 0.15) is 39.4 Å². The Morgan fingerprint density at radius 2 is 1.79 bits per heavy atom. The fourth-order valence-corrected chi connectivity index (χ4v) is 1.64. The molecule has 0 saturated heterocycles. The zero-order valence-corrected chi connectivity index (χ0v) is 11.6. The zero-order chi connectivity index (χ0) is 14.9. The highest BCUT2D eigenvalue weighted by atomic mass is 19.5. The predicted octanol–water partition coefficient (Wildman–Crippen LogP) is 3.93. The van der Waals surface area contributed by atoms with Crippen LogP contribution in [0, 0.1) is 0 Å². The van der Waals surface area contributed by atoms with Crippen LogP contribution >= 0.6 is 0 Å². The number of hydrogen-bond donors (Lipinski definition) is 0. The Kier molecular flexibility index (Phi) is 8.19. The molecule has 0 amide bonds. The van der Waals surface area contributed by atoms with E-state index in [4.69, 9.17) is 0 Å². The van der Waals surface area contributed by atoms with Crippen LogP contribution in [0.2, 0.25) is 0 Å². The molecule has 0 aliphatic carbocycles. The summed E-state index contributed by atoms with van der Waals surface area (Å²) in [5.41, 5.74) is 0. The van der Waals surface area contributed by atoms with Gasteiger partial charge in [0.15, 0.2) is 0 Å². The van der Waals surface area contributed by atoms with Crippen molar-refractivity contribution in [2.75, 3.05) is 0 Å². The lowest BCUT2D eigenvalue weighted by atomic mass is 10.3. The number of imidazole rings is 1. The molecule has 19 heavy (non-hydrogen) atoms. The third-order valence-electron chi connectivity index (χ3n) is 2.42. The van der Waals surface area contributed by atoms with Crippen molar-refractivity contribution in [3.8, 4) is 0 Å². The highest BCUT2D eigenvalue weighted by Crippen LogP contribution is 2.06. The molecule has 110 valence electrons. The largest absolute Gasteiger partial charge is 0.673 e. The van der Waals surface area contributed by atoms with E-state index in [-0.39, 0.29) is 0 Å². The minimum Gasteiger partial charge on any atom is -0.418 e. The molecule has 0 aliphatic heterocycles. The van der Waals surface area contributed by atoms with Crippen molar-refractivity contribution in [3.05, 3.63) is 24.3 Å². The van der Waals surface area contributed by atoms with Crippen molar-refractivity contribution < 1.29 is 21.8 Å². The highest BCUT2D eigenvalue weighted by Gasteiger charge is 2.20. The molecular formula is C12H21BF4N2. The first-order chi connectivity index (χ1) is 8.83. The molecule has 2 nitrogen and oxygen atoms in total. The molecule has 1 aromatic rings. The summed E-state index contributed by atoms with van der Waals surface area (Å²) >= 11 is 0. The number of unbranched alkanes of at least 4 members (excludes halogenated alkanes) is 1. The topological polar surface area (TPSA) is 8.81 Å². The van der Waals surface area contributed by atoms with Crippen molar-refractivity contribution in [3.63, 3.8) is 0 Å². The van der Waals surface area contributed by atoms with Gasteiger partial charge in [0, 0.05) is 6.42 Å². The van der Waals surface area contributed by atoms with Gasteiger partial charge in [-0.15, -0.1) is 0 Å². The quantitative estimate of drug-likeness (QED) is 0.439. The first-order valence-corrected chi connectivity index (χ1v) is 6.46. The standard InChI is InChI=1S/C12H21N2.BF4/c1-4-7-8-9-14-11-10-13(6-3)12(14)5-2;2-1(3,4)5/h8-11H,4-7H2,1-3H3;/q+1;-1. The number of nitrogens with zero attached hydrogens (tertiary/aromatic N) is 2. The molecule has 0 unspecified atom stereocenters. The molecule has 0 bridgehead atoms. The van der Waals surface area contributed by atoms with Crippen molar-refractivity contribution in [2.24, 2.45) is 0 Å². The summed E-state index contributed by atoms with van der Waals surface area (Å²) < 4.78 is 43.5. The molecule has 1 aromatic heterocycles. The van der Waals surface area contributed by atoms with E-state index >= 15 is 0 Å². The smallest absolute Gasteiger partial charge is 0.418 e. The Balaban J connectivity index is 0.000000555. The van der Waals surface area contributed by atoms with E-state index in [9.17, 15) is 17.3 Å². The first-order valence-electron chi connectivity index (χ1n) is 6.46. The van der Waals surface area contributed by atoms with E-state index in [1.54, 1.807) is 0 Å². The van der Waals surface area contributed by atoms with E-state index in [1.165, 1.54) is 12.2 Å². The minimum absolute atomic E-state index is 1.05. The van der Waals surface area contributed by atoms with Crippen molar-refractivity contribution in [1.82, 2.24) is 4.57 Å². The third kappa shape index (κ3) is 8.45. The summed E-state index contributed by atoms with van der Waals surface area (Å²) in [6, 6.07) is 0. The van der Waals surface area contributed by atoms with Gasteiger partial charge in [0.05, 0.1) is 12.7 Å². The Hall–Kier alpha value is -1.27. The normalized spacial score (nSPS) is 11.5. The fourth-order valence-electron chi connectivity index (χ4n) is 1.64. The monoisotopic (exact) mass is 280 g/mol. The van der Waals surface area contributed by atoms with Crippen LogP contribution in [0.3, 0.4) is 0 Å². The third-order valence-corrected chi connectivity index (χ3v) is 2.42. The summed E-state index contributed by atoms with van der Waals surface area (Å²) in [7, 11) is -6.00. The molecule has 0 fully saturated rings. The maximum absolute atomic E-state index is 9.75. The molecule has 0 saturated carbocycles. The molecule has 0 spiro atoms. The van der Waals surface area contributed by atoms with Crippen LogP contribution in [0.25, 0.3) is 6.20 Å². The van der Waals surface area contributed by atoms with Gasteiger partial charge in [0.1, 0.15) is 12.4 Å². The molecule has 0 aromatic carbocycles. The number of allylic oxidation sites excluding steroid dienone is 1. The SMILES string of the molecule is CCCC=Cn1cc[n+](CC)c1CC.F[B-](F)(F)F. The van der Waals surface area contributed by atoms with Gasteiger partial charge >= 0.3 is 7.25 Å². The van der Waals surface area contributed by atoms with E-state index in [0.717, 1.165) is 19.4 Å². The summed E-state index contributed by atoms with van der Waals surface area (Å²) in [6.45, 7) is 7.63. The summed E-state index contributed by atoms with van der Waals surface area (Å²) in [5.74, 6) is 1.37. The van der Waals surface area contributed by atoms with Crippen LogP contribution in [0.5, 0.6) is 0 Å². The van der Waals surface area contributed by atoms with E-state index in [1.807, 2.05) is 0 Å². The summed E-state index contributed by atoms with van der Waals surface area (Å²) in [4.78, 5) is 0. The maximum Gasteiger partial charge on any atom is 0.673 e. The lowest BCUT2D eigenvalue weighted by Crippen LogP contribution is -2.35. The van der Waals surface area contributed by atoms with Crippen LogP contribution in [-0.4, -0.2) is 11.8 Å². The van der Waals surface area contributed by atoms with Crippen molar-refractivity contribution in [2.45, 2.75) is 46.6 Å². The van der Waals surface area contributed by atoms with Crippen LogP contribution in [0.15, 0.2) is 18.5 Å². The fraction of sp³-hybridized carbons (Fsp3) is 0.583. The van der Waals surface area contributed by atoms with Gasteiger partial charge < -0.3 is 17.3 Å². The molecule has 1 rings (SSSR count). The summed E-state index contributed by atoms with van der Waals surface area (Å²) in [5, 5.41) is 0. The maximum atomic E-state index is 9.75. The van der Waals surface area contributed by atoms with Crippen LogP contribution < -0.4 is 4.57 Å². The highest BCUT2D eigenvalue weighted by molar-refractivity contribution is 6.50. The first kappa shape index (κ1) is 17.7. The second-order valence-corrected chi connectivity index (χ2v) is 3.93. The molecular weight excluding hydrogens is 259 g/mol. The second-order valence-electron chi connectivity index (χ2n) is 3.93. The van der Waals surface area contributed by atoms with E-state index < -0.39 is 7.25 Å². The molecule has 7 heteroatoms. The van der Waals surface area contributed by atoms with Gasteiger partial charge in [0.2, 0.25) is 0 Å². The Morgan fingerprint density at radius 1 is 1.21 bits per heavy atom. The Morgan fingerprint density at radius 3 is 2.21 bits per heavy atom. The Bertz CT molecular complexity index is 380. The van der Waals surface area contributed by atoms with Gasteiger partial charge in [-0.1, -0.05) is 20.3 Å². The number of aromatic nitrogens is 2. The van der Waals surface area contributed by atoms with Crippen LogP contribution in [-0.2, 0) is 13.0 Å². The average Bonchev–Trinajstić information content (AvgIpc) is 2.69. The number of halogens is 4.